The lowest BCUT2D eigenvalue weighted by molar-refractivity contribution is 0.247. The van der Waals surface area contributed by atoms with E-state index in [4.69, 9.17) is 16.3 Å². The molecule has 0 aliphatic carbocycles. The minimum Gasteiger partial charge on any atom is -0.495 e. The Morgan fingerprint density at radius 3 is 2.93 bits per heavy atom. The SMILES string of the molecule is COc1cc([C@@H]2CNC(=O)N2)ccc1Cl. The number of hydrogen-bond acceptors (Lipinski definition) is 2. The van der Waals surface area contributed by atoms with Crippen LogP contribution in [0.4, 0.5) is 4.79 Å². The van der Waals surface area contributed by atoms with Gasteiger partial charge in [0, 0.05) is 6.54 Å². The van der Waals surface area contributed by atoms with Crippen LogP contribution in [-0.2, 0) is 0 Å². The maximum atomic E-state index is 11.0. The highest BCUT2D eigenvalue weighted by Crippen LogP contribution is 2.28. The molecule has 1 atom stereocenters. The van der Waals surface area contributed by atoms with E-state index in [-0.39, 0.29) is 12.1 Å². The summed E-state index contributed by atoms with van der Waals surface area (Å²) in [6.45, 7) is 0.587. The summed E-state index contributed by atoms with van der Waals surface area (Å²) in [7, 11) is 1.57. The molecule has 2 amide bonds. The number of rotatable bonds is 2. The molecule has 0 radical (unpaired) electrons. The number of benzene rings is 1. The van der Waals surface area contributed by atoms with E-state index in [1.807, 2.05) is 12.1 Å². The number of hydrogen-bond donors (Lipinski definition) is 2. The highest BCUT2D eigenvalue weighted by Gasteiger charge is 2.22. The molecular formula is C10H11ClN2O2. The van der Waals surface area contributed by atoms with Crippen molar-refractivity contribution in [1.29, 1.82) is 0 Å². The Balaban J connectivity index is 2.25. The molecule has 1 aliphatic rings. The average Bonchev–Trinajstić information content (AvgIpc) is 2.66. The van der Waals surface area contributed by atoms with Crippen LogP contribution in [0.3, 0.4) is 0 Å². The van der Waals surface area contributed by atoms with E-state index < -0.39 is 0 Å². The van der Waals surface area contributed by atoms with Crippen LogP contribution in [0.25, 0.3) is 0 Å². The molecule has 0 unspecified atom stereocenters. The molecule has 1 saturated heterocycles. The smallest absolute Gasteiger partial charge is 0.315 e. The Morgan fingerprint density at radius 2 is 2.33 bits per heavy atom. The summed E-state index contributed by atoms with van der Waals surface area (Å²) in [5.74, 6) is 0.621. The summed E-state index contributed by atoms with van der Waals surface area (Å²) >= 11 is 5.90. The van der Waals surface area contributed by atoms with Crippen LogP contribution < -0.4 is 15.4 Å². The third-order valence-electron chi connectivity index (χ3n) is 2.35. The molecule has 15 heavy (non-hydrogen) atoms. The summed E-state index contributed by atoms with van der Waals surface area (Å²) in [4.78, 5) is 11.0. The van der Waals surface area contributed by atoms with Crippen molar-refractivity contribution in [1.82, 2.24) is 10.6 Å². The molecule has 4 nitrogen and oxygen atoms in total. The van der Waals surface area contributed by atoms with Crippen LogP contribution in [-0.4, -0.2) is 19.7 Å². The molecule has 0 saturated carbocycles. The normalized spacial score (nSPS) is 19.6. The molecule has 1 aromatic carbocycles. The monoisotopic (exact) mass is 226 g/mol. The van der Waals surface area contributed by atoms with Crippen molar-refractivity contribution >= 4 is 17.6 Å². The molecule has 1 aliphatic heterocycles. The summed E-state index contributed by atoms with van der Waals surface area (Å²) in [5, 5.41) is 6.06. The predicted molar refractivity (Wildman–Crippen MR) is 57.3 cm³/mol. The van der Waals surface area contributed by atoms with Gasteiger partial charge in [0.25, 0.3) is 0 Å². The molecule has 1 fully saturated rings. The minimum absolute atomic E-state index is 0.0105. The van der Waals surface area contributed by atoms with E-state index in [0.717, 1.165) is 5.56 Å². The molecule has 0 spiro atoms. The Hall–Kier alpha value is -1.42. The van der Waals surface area contributed by atoms with E-state index in [1.165, 1.54) is 0 Å². The average molecular weight is 227 g/mol. The molecule has 1 aromatic rings. The summed E-state index contributed by atoms with van der Waals surface area (Å²) < 4.78 is 5.11. The van der Waals surface area contributed by atoms with Gasteiger partial charge >= 0.3 is 6.03 Å². The minimum atomic E-state index is -0.145. The topological polar surface area (TPSA) is 50.4 Å². The third kappa shape index (κ3) is 1.99. The molecule has 2 N–H and O–H groups in total. The van der Waals surface area contributed by atoms with Crippen LogP contribution in [0, 0.1) is 0 Å². The van der Waals surface area contributed by atoms with Crippen LogP contribution in [0.5, 0.6) is 5.75 Å². The third-order valence-corrected chi connectivity index (χ3v) is 2.66. The second-order valence-electron chi connectivity index (χ2n) is 3.30. The second kappa shape index (κ2) is 3.98. The Labute approximate surface area is 92.6 Å². The molecule has 0 aromatic heterocycles. The van der Waals surface area contributed by atoms with Gasteiger partial charge in [0.05, 0.1) is 18.2 Å². The molecule has 2 rings (SSSR count). The van der Waals surface area contributed by atoms with Crippen molar-refractivity contribution in [3.8, 4) is 5.75 Å². The van der Waals surface area contributed by atoms with E-state index in [2.05, 4.69) is 10.6 Å². The Bertz CT molecular complexity index is 395. The first-order valence-electron chi connectivity index (χ1n) is 4.58. The maximum absolute atomic E-state index is 11.0. The van der Waals surface area contributed by atoms with Gasteiger partial charge < -0.3 is 15.4 Å². The zero-order valence-electron chi connectivity index (χ0n) is 8.21. The standard InChI is InChI=1S/C10H11ClN2O2/c1-15-9-4-6(2-3-7(9)11)8-5-12-10(14)13-8/h2-4,8H,5H2,1H3,(H2,12,13,14)/t8-/m0/s1. The van der Waals surface area contributed by atoms with Crippen molar-refractivity contribution in [3.05, 3.63) is 28.8 Å². The summed E-state index contributed by atoms with van der Waals surface area (Å²) in [6, 6.07) is 5.32. The number of ether oxygens (including phenoxy) is 1. The second-order valence-corrected chi connectivity index (χ2v) is 3.71. The fourth-order valence-corrected chi connectivity index (χ4v) is 1.74. The lowest BCUT2D eigenvalue weighted by atomic mass is 10.1. The first-order valence-corrected chi connectivity index (χ1v) is 4.96. The number of carbonyl (C=O) groups is 1. The van der Waals surface area contributed by atoms with Gasteiger partial charge in [0.2, 0.25) is 0 Å². The van der Waals surface area contributed by atoms with Crippen molar-refractivity contribution < 1.29 is 9.53 Å². The van der Waals surface area contributed by atoms with E-state index in [9.17, 15) is 4.79 Å². The first-order chi connectivity index (χ1) is 7.20. The van der Waals surface area contributed by atoms with Gasteiger partial charge in [-0.2, -0.15) is 0 Å². The quantitative estimate of drug-likeness (QED) is 0.807. The fourth-order valence-electron chi connectivity index (χ4n) is 1.55. The Morgan fingerprint density at radius 1 is 1.53 bits per heavy atom. The van der Waals surface area contributed by atoms with Gasteiger partial charge in [-0.3, -0.25) is 0 Å². The number of halogens is 1. The van der Waals surface area contributed by atoms with Crippen molar-refractivity contribution in [2.24, 2.45) is 0 Å². The largest absolute Gasteiger partial charge is 0.495 e. The lowest BCUT2D eigenvalue weighted by Crippen LogP contribution is -2.21. The molecule has 5 heteroatoms. The van der Waals surface area contributed by atoms with Gasteiger partial charge in [0.1, 0.15) is 5.75 Å². The van der Waals surface area contributed by atoms with Gasteiger partial charge in [-0.1, -0.05) is 17.7 Å². The molecular weight excluding hydrogens is 216 g/mol. The fraction of sp³-hybridized carbons (Fsp3) is 0.300. The number of amides is 2. The van der Waals surface area contributed by atoms with Gasteiger partial charge in [-0.25, -0.2) is 4.79 Å². The van der Waals surface area contributed by atoms with E-state index >= 15 is 0 Å². The number of carbonyl (C=O) groups excluding carboxylic acids is 1. The molecule has 0 bridgehead atoms. The van der Waals surface area contributed by atoms with Crippen molar-refractivity contribution in [3.63, 3.8) is 0 Å². The van der Waals surface area contributed by atoms with Crippen molar-refractivity contribution in [2.75, 3.05) is 13.7 Å². The van der Waals surface area contributed by atoms with E-state index in [0.29, 0.717) is 17.3 Å². The number of methoxy groups -OCH3 is 1. The summed E-state index contributed by atoms with van der Waals surface area (Å²) in [5.41, 5.74) is 0.981. The van der Waals surface area contributed by atoms with Gasteiger partial charge in [-0.05, 0) is 17.7 Å². The highest BCUT2D eigenvalue weighted by atomic mass is 35.5. The lowest BCUT2D eigenvalue weighted by Gasteiger charge is -2.11. The number of nitrogens with one attached hydrogen (secondary N) is 2. The van der Waals surface area contributed by atoms with Crippen LogP contribution in [0.1, 0.15) is 11.6 Å². The zero-order valence-corrected chi connectivity index (χ0v) is 8.97. The molecule has 1 heterocycles. The van der Waals surface area contributed by atoms with Crippen LogP contribution in [0.2, 0.25) is 5.02 Å². The van der Waals surface area contributed by atoms with E-state index in [1.54, 1.807) is 13.2 Å². The Kier molecular flexibility index (Phi) is 2.68. The van der Waals surface area contributed by atoms with Gasteiger partial charge in [0.15, 0.2) is 0 Å². The zero-order chi connectivity index (χ0) is 10.8. The van der Waals surface area contributed by atoms with Crippen LogP contribution in [0.15, 0.2) is 18.2 Å². The summed E-state index contributed by atoms with van der Waals surface area (Å²) in [6.07, 6.45) is 0. The number of urea groups is 1. The van der Waals surface area contributed by atoms with Gasteiger partial charge in [-0.15, -0.1) is 0 Å². The maximum Gasteiger partial charge on any atom is 0.315 e. The molecule has 80 valence electrons. The van der Waals surface area contributed by atoms with Crippen molar-refractivity contribution in [2.45, 2.75) is 6.04 Å². The van der Waals surface area contributed by atoms with Crippen LogP contribution >= 0.6 is 11.6 Å². The first kappa shape index (κ1) is 10.1. The highest BCUT2D eigenvalue weighted by molar-refractivity contribution is 6.32. The predicted octanol–water partition coefficient (Wildman–Crippen LogP) is 1.70.